The summed E-state index contributed by atoms with van der Waals surface area (Å²) in [5.41, 5.74) is 20.4. The Morgan fingerprint density at radius 1 is 0.486 bits per heavy atom. The van der Waals surface area contributed by atoms with Gasteiger partial charge >= 0.3 is 39.0 Å². The van der Waals surface area contributed by atoms with Crippen LogP contribution in [0.2, 0.25) is 0 Å². The first-order valence-electron chi connectivity index (χ1n) is 24.7. The number of nitrogens with zero attached hydrogens (tertiary/aromatic N) is 4. The maximum absolute atomic E-state index is 7.56. The molecule has 0 atom stereocenters. The first-order chi connectivity index (χ1) is 33.1. The number of rotatable bonds is 10. The van der Waals surface area contributed by atoms with Crippen molar-refractivity contribution >= 4 is 46.3 Å². The predicted molar refractivity (Wildman–Crippen MR) is 307 cm³/mol. The third-order valence-electron chi connectivity index (χ3n) is 13.8. The summed E-state index contributed by atoms with van der Waals surface area (Å²) in [4.78, 5) is 10.4. The van der Waals surface area contributed by atoms with Crippen molar-refractivity contribution in [2.45, 2.75) is 141 Å². The Labute approximate surface area is 461 Å². The predicted octanol–water partition coefficient (Wildman–Crippen LogP) is 19.8. The van der Waals surface area contributed by atoms with Gasteiger partial charge in [0.1, 0.15) is 11.5 Å². The summed E-state index contributed by atoms with van der Waals surface area (Å²) >= 11 is 0. The summed E-state index contributed by atoms with van der Waals surface area (Å²) in [6, 6.07) is 34.4. The Hall–Kier alpha value is -5.21. The summed E-state index contributed by atoms with van der Waals surface area (Å²) < 4.78 is 7.56. The van der Waals surface area contributed by atoms with Crippen LogP contribution in [0.1, 0.15) is 147 Å². The molecule has 0 amide bonds. The molecule has 7 rings (SSSR count). The maximum atomic E-state index is 7.56. The molecule has 1 aliphatic heterocycles. The van der Waals surface area contributed by atoms with Gasteiger partial charge in [0, 0.05) is 40.1 Å². The second-order valence-corrected chi connectivity index (χ2v) is 20.8. The van der Waals surface area contributed by atoms with Crippen LogP contribution in [0.15, 0.2) is 119 Å². The van der Waals surface area contributed by atoms with Gasteiger partial charge in [0.2, 0.25) is 0 Å². The Morgan fingerprint density at radius 2 is 0.806 bits per heavy atom. The Bertz CT molecular complexity index is 2780. The first kappa shape index (κ1) is 61.1. The largest absolute Gasteiger partial charge is 2.00 e. The molecular formula is C65H78N4OZn2. The SMILES string of the molecule is Cc1cccc(N=C/C(=C\[N-]c2cccc(C)c2C)c2cc(C(C)(C)C)cc3c2Oc2c(/C(C=Nc4cccc(C)c4C)=C/[N-]c4cccc(C)c4C)cc(C(C)(C)C)cc2C3(C)C)c1C.[CH2-]C.[CH2-]C.[Zn+2].[Zn+2]. The first-order valence-corrected chi connectivity index (χ1v) is 24.7. The van der Waals surface area contributed by atoms with Gasteiger partial charge in [-0.1, -0.05) is 139 Å². The Morgan fingerprint density at radius 3 is 1.14 bits per heavy atom. The topological polar surface area (TPSA) is 62.1 Å². The smallest absolute Gasteiger partial charge is 0.663 e. The van der Waals surface area contributed by atoms with Crippen molar-refractivity contribution in [1.29, 1.82) is 0 Å². The molecule has 5 nitrogen and oxygen atoms in total. The van der Waals surface area contributed by atoms with Crippen LogP contribution in [-0.2, 0) is 55.2 Å². The van der Waals surface area contributed by atoms with Gasteiger partial charge in [-0.3, -0.25) is 9.98 Å². The van der Waals surface area contributed by atoms with Gasteiger partial charge < -0.3 is 29.2 Å². The van der Waals surface area contributed by atoms with E-state index in [4.69, 9.17) is 25.4 Å². The van der Waals surface area contributed by atoms with Crippen LogP contribution in [0.3, 0.4) is 0 Å². The fourth-order valence-electron chi connectivity index (χ4n) is 8.35. The number of benzene rings is 6. The second kappa shape index (κ2) is 25.6. The van der Waals surface area contributed by atoms with Crippen molar-refractivity contribution in [3.8, 4) is 11.5 Å². The molecule has 0 bridgehead atoms. The van der Waals surface area contributed by atoms with Crippen molar-refractivity contribution in [1.82, 2.24) is 0 Å². The van der Waals surface area contributed by atoms with Crippen LogP contribution in [0.5, 0.6) is 11.5 Å². The van der Waals surface area contributed by atoms with E-state index in [9.17, 15) is 0 Å². The van der Waals surface area contributed by atoms with E-state index in [0.29, 0.717) is 0 Å². The number of aryl methyl sites for hydroxylation is 4. The molecule has 0 spiro atoms. The molecule has 6 aromatic rings. The molecule has 0 aliphatic carbocycles. The third-order valence-corrected chi connectivity index (χ3v) is 13.8. The molecular weight excluding hydrogens is 984 g/mol. The van der Waals surface area contributed by atoms with Crippen molar-refractivity contribution in [3.05, 3.63) is 212 Å². The van der Waals surface area contributed by atoms with Gasteiger partial charge in [0.05, 0.1) is 11.4 Å². The quantitative estimate of drug-likeness (QED) is 0.0766. The zero-order chi connectivity index (χ0) is 51.9. The number of allylic oxidation sites excluding steroid dienone is 2. The van der Waals surface area contributed by atoms with Crippen molar-refractivity contribution in [2.24, 2.45) is 9.98 Å². The van der Waals surface area contributed by atoms with Gasteiger partial charge in [-0.25, -0.2) is 0 Å². The van der Waals surface area contributed by atoms with Gasteiger partial charge in [-0.15, -0.1) is 11.4 Å². The van der Waals surface area contributed by atoms with Crippen molar-refractivity contribution in [3.63, 3.8) is 0 Å². The monoisotopic (exact) mass is 1060 g/mol. The van der Waals surface area contributed by atoms with Gasteiger partial charge in [0.25, 0.3) is 0 Å². The molecule has 0 unspecified atom stereocenters. The van der Waals surface area contributed by atoms with E-state index in [1.54, 1.807) is 13.8 Å². The summed E-state index contributed by atoms with van der Waals surface area (Å²) in [7, 11) is 0. The molecule has 1 heterocycles. The summed E-state index contributed by atoms with van der Waals surface area (Å²) in [5, 5.41) is 10.4. The van der Waals surface area contributed by atoms with E-state index in [2.05, 4.69) is 222 Å². The van der Waals surface area contributed by atoms with E-state index in [1.165, 1.54) is 33.4 Å². The molecule has 7 heteroatoms. The molecule has 0 fully saturated rings. The minimum Gasteiger partial charge on any atom is -0.663 e. The summed E-state index contributed by atoms with van der Waals surface area (Å²) in [6.07, 6.45) is 7.89. The normalized spacial score (nSPS) is 13.1. The number of fused-ring (bicyclic) bond motifs is 2. The van der Waals surface area contributed by atoms with E-state index >= 15 is 0 Å². The van der Waals surface area contributed by atoms with Crippen LogP contribution >= 0.6 is 0 Å². The standard InChI is InChI=1S/C61H68N4O.2C2H5.2Zn/c1-37-21-17-25-53(41(37)5)62-33-45(34-63-54-26-18-22-38(2)42(54)6)49-29-47(59(9,10)11)31-51-57(49)66-58-50(30-48(60(12,13)14)32-52(58)61(51,15)16)46(35-64-55-27-19-23-39(3)43(55)7)36-65-56-28-20-24-40(4)44(56)8;2*1-2;;/h17-36H,1-16H3;2*1H2,2H3;;/q-2;2*-1;2*+2/b45-33+,46-35+,63-34?,65-36?;;;;. The molecule has 368 valence electrons. The number of hydrogen-bond acceptors (Lipinski definition) is 3. The summed E-state index contributed by atoms with van der Waals surface area (Å²) in [6.45, 7) is 45.4. The zero-order valence-electron chi connectivity index (χ0n) is 47.1. The average Bonchev–Trinajstić information content (AvgIpc) is 3.32. The minimum absolute atomic E-state index is 0. The fourth-order valence-corrected chi connectivity index (χ4v) is 8.35. The van der Waals surface area contributed by atoms with Gasteiger partial charge in [-0.2, -0.15) is 26.2 Å². The van der Waals surface area contributed by atoms with E-state index in [1.807, 2.05) is 24.8 Å². The van der Waals surface area contributed by atoms with E-state index < -0.39 is 5.41 Å². The Balaban J connectivity index is 0.00000223. The molecule has 6 aromatic carbocycles. The summed E-state index contributed by atoms with van der Waals surface area (Å²) in [5.74, 6) is 1.58. The Kier molecular flexibility index (Phi) is 21.7. The molecule has 0 saturated carbocycles. The average molecular weight is 1060 g/mol. The number of aliphatic imine (C=N–C) groups is 2. The number of ether oxygens (including phenoxy) is 1. The minimum atomic E-state index is -0.492. The maximum Gasteiger partial charge on any atom is 2.00 e. The molecule has 0 saturated heterocycles. The van der Waals surface area contributed by atoms with Crippen LogP contribution in [0.4, 0.5) is 22.7 Å². The van der Waals surface area contributed by atoms with E-state index in [-0.39, 0.29) is 49.8 Å². The van der Waals surface area contributed by atoms with E-state index in [0.717, 1.165) is 89.9 Å². The van der Waals surface area contributed by atoms with Crippen molar-refractivity contribution in [2.75, 3.05) is 0 Å². The fraction of sp³-hybridized carbons (Fsp3) is 0.323. The van der Waals surface area contributed by atoms with Crippen LogP contribution in [0, 0.1) is 69.2 Å². The molecule has 1 aliphatic rings. The zero-order valence-corrected chi connectivity index (χ0v) is 53.0. The number of hydrogen-bond donors (Lipinski definition) is 0. The molecule has 0 N–H and O–H groups in total. The second-order valence-electron chi connectivity index (χ2n) is 20.8. The molecule has 0 aromatic heterocycles. The van der Waals surface area contributed by atoms with Crippen LogP contribution in [0.25, 0.3) is 21.8 Å². The molecule has 72 heavy (non-hydrogen) atoms. The van der Waals surface area contributed by atoms with Gasteiger partial charge in [-0.05, 0) is 146 Å². The van der Waals surface area contributed by atoms with Gasteiger partial charge in [0.15, 0.2) is 0 Å². The van der Waals surface area contributed by atoms with Crippen molar-refractivity contribution < 1.29 is 43.7 Å². The van der Waals surface area contributed by atoms with Crippen LogP contribution < -0.4 is 4.74 Å². The molecule has 0 radical (unpaired) electrons. The van der Waals surface area contributed by atoms with Crippen LogP contribution in [-0.4, -0.2) is 12.4 Å². The third kappa shape index (κ3) is 13.7.